The van der Waals surface area contributed by atoms with Gasteiger partial charge < -0.3 is 14.9 Å². The first-order valence-corrected chi connectivity index (χ1v) is 6.12. The van der Waals surface area contributed by atoms with Gasteiger partial charge in [0.15, 0.2) is 6.29 Å². The van der Waals surface area contributed by atoms with E-state index in [9.17, 15) is 15.0 Å². The van der Waals surface area contributed by atoms with Crippen molar-refractivity contribution in [1.29, 1.82) is 0 Å². The van der Waals surface area contributed by atoms with Crippen LogP contribution in [0.2, 0.25) is 0 Å². The topological polar surface area (TPSA) is 66.8 Å². The Balaban J connectivity index is 2.57. The average molecular weight is 230 g/mol. The largest absolute Gasteiger partial charge is 0.462 e. The molecule has 0 aromatic heterocycles. The summed E-state index contributed by atoms with van der Waals surface area (Å²) in [5, 5.41) is 18.5. The van der Waals surface area contributed by atoms with Crippen molar-refractivity contribution in [2.45, 2.75) is 58.3 Å². The molecule has 3 atom stereocenters. The summed E-state index contributed by atoms with van der Waals surface area (Å²) in [6.45, 7) is 3.81. The van der Waals surface area contributed by atoms with Crippen LogP contribution in [-0.2, 0) is 9.53 Å². The number of ether oxygens (including phenoxy) is 1. The summed E-state index contributed by atoms with van der Waals surface area (Å²) in [6.07, 6.45) is 2.60. The van der Waals surface area contributed by atoms with Crippen LogP contribution < -0.4 is 0 Å². The molecular weight excluding hydrogens is 208 g/mol. The van der Waals surface area contributed by atoms with E-state index in [0.29, 0.717) is 12.8 Å². The van der Waals surface area contributed by atoms with E-state index in [-0.39, 0.29) is 23.9 Å². The lowest BCUT2D eigenvalue weighted by atomic mass is 9.79. The van der Waals surface area contributed by atoms with Gasteiger partial charge in [0.2, 0.25) is 0 Å². The molecule has 1 saturated carbocycles. The molecule has 0 heterocycles. The Labute approximate surface area is 96.6 Å². The highest BCUT2D eigenvalue weighted by molar-refractivity contribution is 5.73. The number of esters is 1. The van der Waals surface area contributed by atoms with Crippen LogP contribution in [0.3, 0.4) is 0 Å². The molecule has 0 radical (unpaired) electrons. The number of hydrogen-bond acceptors (Lipinski definition) is 4. The van der Waals surface area contributed by atoms with Crippen LogP contribution in [0.5, 0.6) is 0 Å². The summed E-state index contributed by atoms with van der Waals surface area (Å²) >= 11 is 0. The zero-order valence-electron chi connectivity index (χ0n) is 10.1. The minimum absolute atomic E-state index is 0.0917. The zero-order valence-corrected chi connectivity index (χ0v) is 10.1. The second-order valence-corrected chi connectivity index (χ2v) is 4.62. The first-order valence-electron chi connectivity index (χ1n) is 6.12. The maximum Gasteiger partial charge on any atom is 0.309 e. The number of carbonyl (C=O) groups is 1. The highest BCUT2D eigenvalue weighted by Gasteiger charge is 2.36. The molecule has 94 valence electrons. The lowest BCUT2D eigenvalue weighted by molar-refractivity contribution is -0.168. The fourth-order valence-electron chi connectivity index (χ4n) is 2.18. The van der Waals surface area contributed by atoms with Crippen molar-refractivity contribution in [1.82, 2.24) is 0 Å². The van der Waals surface area contributed by atoms with Crippen LogP contribution in [0.25, 0.3) is 0 Å². The summed E-state index contributed by atoms with van der Waals surface area (Å²) in [4.78, 5) is 11.8. The van der Waals surface area contributed by atoms with E-state index in [1.54, 1.807) is 0 Å². The molecule has 1 rings (SSSR count). The second kappa shape index (κ2) is 6.21. The Kier molecular flexibility index (Phi) is 5.22. The van der Waals surface area contributed by atoms with Crippen molar-refractivity contribution in [2.24, 2.45) is 11.8 Å². The Bertz CT molecular complexity index is 227. The minimum atomic E-state index is -1.41. The third-order valence-corrected chi connectivity index (χ3v) is 3.40. The zero-order chi connectivity index (χ0) is 12.1. The van der Waals surface area contributed by atoms with Crippen LogP contribution in [0, 0.1) is 11.8 Å². The van der Waals surface area contributed by atoms with Gasteiger partial charge in [0.05, 0.1) is 12.0 Å². The molecule has 4 nitrogen and oxygen atoms in total. The maximum atomic E-state index is 11.8. The van der Waals surface area contributed by atoms with Gasteiger partial charge in [-0.05, 0) is 26.2 Å². The Morgan fingerprint density at radius 1 is 1.38 bits per heavy atom. The van der Waals surface area contributed by atoms with Crippen molar-refractivity contribution in [3.8, 4) is 0 Å². The van der Waals surface area contributed by atoms with Gasteiger partial charge >= 0.3 is 5.97 Å². The van der Waals surface area contributed by atoms with Gasteiger partial charge in [-0.15, -0.1) is 0 Å². The molecule has 0 spiro atoms. The fourth-order valence-corrected chi connectivity index (χ4v) is 2.18. The maximum absolute atomic E-state index is 11.8. The van der Waals surface area contributed by atoms with E-state index >= 15 is 0 Å². The summed E-state index contributed by atoms with van der Waals surface area (Å²) in [5.74, 6) is -0.972. The summed E-state index contributed by atoms with van der Waals surface area (Å²) in [7, 11) is 0. The second-order valence-electron chi connectivity index (χ2n) is 4.62. The predicted octanol–water partition coefficient (Wildman–Crippen LogP) is 1.45. The Hall–Kier alpha value is -0.610. The molecule has 0 bridgehead atoms. The summed E-state index contributed by atoms with van der Waals surface area (Å²) < 4.78 is 5.26. The van der Waals surface area contributed by atoms with E-state index in [1.165, 1.54) is 0 Å². The van der Waals surface area contributed by atoms with E-state index in [4.69, 9.17) is 4.74 Å². The van der Waals surface area contributed by atoms with Crippen LogP contribution in [0.1, 0.15) is 46.0 Å². The first-order chi connectivity index (χ1) is 7.56. The van der Waals surface area contributed by atoms with Crippen LogP contribution in [0.15, 0.2) is 0 Å². The van der Waals surface area contributed by atoms with Crippen molar-refractivity contribution in [3.63, 3.8) is 0 Å². The van der Waals surface area contributed by atoms with E-state index in [2.05, 4.69) is 0 Å². The lowest BCUT2D eigenvalue weighted by Crippen LogP contribution is -2.37. The van der Waals surface area contributed by atoms with Gasteiger partial charge in [-0.2, -0.15) is 0 Å². The molecule has 16 heavy (non-hydrogen) atoms. The molecule has 4 heteroatoms. The minimum Gasteiger partial charge on any atom is -0.462 e. The molecule has 0 amide bonds. The quantitative estimate of drug-likeness (QED) is 0.566. The Morgan fingerprint density at radius 2 is 2.00 bits per heavy atom. The molecule has 0 aromatic carbocycles. The number of rotatable bonds is 4. The molecule has 0 aromatic rings. The molecule has 3 unspecified atom stereocenters. The number of aliphatic hydroxyl groups excluding tert-OH is 1. The number of aliphatic hydroxyl groups is 2. The van der Waals surface area contributed by atoms with E-state index in [1.807, 2.05) is 13.8 Å². The van der Waals surface area contributed by atoms with Crippen LogP contribution >= 0.6 is 0 Å². The van der Waals surface area contributed by atoms with Gasteiger partial charge in [0.25, 0.3) is 0 Å². The molecule has 0 aliphatic heterocycles. The lowest BCUT2D eigenvalue weighted by Gasteiger charge is -2.31. The number of hydrogen-bond donors (Lipinski definition) is 2. The van der Waals surface area contributed by atoms with Crippen molar-refractivity contribution >= 4 is 5.97 Å². The number of carbonyl (C=O) groups excluding carboxylic acids is 1. The molecule has 1 aliphatic rings. The fraction of sp³-hybridized carbons (Fsp3) is 0.917. The van der Waals surface area contributed by atoms with Gasteiger partial charge in [-0.25, -0.2) is 0 Å². The van der Waals surface area contributed by atoms with Gasteiger partial charge in [0, 0.05) is 5.92 Å². The molecule has 1 aliphatic carbocycles. The highest BCUT2D eigenvalue weighted by atomic mass is 16.5. The van der Waals surface area contributed by atoms with Gasteiger partial charge in [-0.3, -0.25) is 4.79 Å². The summed E-state index contributed by atoms with van der Waals surface area (Å²) in [6, 6.07) is 0. The van der Waals surface area contributed by atoms with Crippen molar-refractivity contribution < 1.29 is 19.7 Å². The normalized spacial score (nSPS) is 27.8. The van der Waals surface area contributed by atoms with E-state index < -0.39 is 6.29 Å². The predicted molar refractivity (Wildman–Crippen MR) is 59.5 cm³/mol. The highest BCUT2D eigenvalue weighted by Crippen LogP contribution is 2.33. The Morgan fingerprint density at radius 3 is 2.56 bits per heavy atom. The van der Waals surface area contributed by atoms with Crippen LogP contribution in [0.4, 0.5) is 0 Å². The van der Waals surface area contributed by atoms with Gasteiger partial charge in [-0.1, -0.05) is 19.8 Å². The SMILES string of the molecule is CCC(C)OC(=O)C1CCCCC1C(O)O. The third-order valence-electron chi connectivity index (χ3n) is 3.40. The van der Waals surface area contributed by atoms with Gasteiger partial charge in [0.1, 0.15) is 0 Å². The third kappa shape index (κ3) is 3.46. The average Bonchev–Trinajstić information content (AvgIpc) is 2.28. The molecule has 1 fully saturated rings. The monoisotopic (exact) mass is 230 g/mol. The van der Waals surface area contributed by atoms with Crippen molar-refractivity contribution in [2.75, 3.05) is 0 Å². The summed E-state index contributed by atoms with van der Waals surface area (Å²) in [5.41, 5.74) is 0. The smallest absolute Gasteiger partial charge is 0.309 e. The van der Waals surface area contributed by atoms with E-state index in [0.717, 1.165) is 19.3 Å². The molecule has 2 N–H and O–H groups in total. The van der Waals surface area contributed by atoms with Crippen LogP contribution in [-0.4, -0.2) is 28.6 Å². The first kappa shape index (κ1) is 13.5. The standard InChI is InChI=1S/C12H22O4/c1-3-8(2)16-12(15)10-7-5-4-6-9(10)11(13)14/h8-11,13-14H,3-7H2,1-2H3. The molecular formula is C12H22O4. The van der Waals surface area contributed by atoms with Crippen molar-refractivity contribution in [3.05, 3.63) is 0 Å². The molecule has 0 saturated heterocycles.